The molecule has 8 heteroatoms. The number of rotatable bonds is 5. The van der Waals surface area contributed by atoms with Gasteiger partial charge in [-0.2, -0.15) is 18.2 Å². The van der Waals surface area contributed by atoms with Crippen molar-refractivity contribution in [2.24, 2.45) is 0 Å². The molecule has 0 bridgehead atoms. The van der Waals surface area contributed by atoms with Gasteiger partial charge in [0.2, 0.25) is 5.95 Å². The van der Waals surface area contributed by atoms with E-state index < -0.39 is 11.7 Å². The molecule has 0 fully saturated rings. The molecular weight excluding hydrogens is 331 g/mol. The number of nitrogens with one attached hydrogen (secondary N) is 2. The predicted octanol–water partition coefficient (Wildman–Crippen LogP) is 4.25. The highest BCUT2D eigenvalue weighted by Crippen LogP contribution is 2.31. The van der Waals surface area contributed by atoms with Gasteiger partial charge in [0, 0.05) is 30.8 Å². The fourth-order valence-electron chi connectivity index (χ4n) is 2.11. The van der Waals surface area contributed by atoms with Crippen molar-refractivity contribution < 1.29 is 13.2 Å². The first-order chi connectivity index (χ1) is 12.0. The van der Waals surface area contributed by atoms with Crippen molar-refractivity contribution >= 4 is 17.5 Å². The number of pyridine rings is 1. The van der Waals surface area contributed by atoms with E-state index in [9.17, 15) is 13.2 Å². The molecule has 0 saturated carbocycles. The Morgan fingerprint density at radius 2 is 1.76 bits per heavy atom. The average Bonchev–Trinajstić information content (AvgIpc) is 2.61. The maximum Gasteiger partial charge on any atom is 0.416 e. The molecule has 0 spiro atoms. The second kappa shape index (κ2) is 7.16. The van der Waals surface area contributed by atoms with Crippen LogP contribution in [0.5, 0.6) is 0 Å². The Labute approximate surface area is 142 Å². The van der Waals surface area contributed by atoms with E-state index in [-0.39, 0.29) is 11.6 Å². The Morgan fingerprint density at radius 3 is 2.52 bits per heavy atom. The van der Waals surface area contributed by atoms with E-state index in [2.05, 4.69) is 25.6 Å². The summed E-state index contributed by atoms with van der Waals surface area (Å²) in [7, 11) is 0. The molecular formula is C17H14F3N5. The van der Waals surface area contributed by atoms with Crippen molar-refractivity contribution in [3.63, 3.8) is 0 Å². The summed E-state index contributed by atoms with van der Waals surface area (Å²) in [5.41, 5.74) is 0.562. The summed E-state index contributed by atoms with van der Waals surface area (Å²) in [6.45, 7) is 0.544. The number of hydrogen-bond donors (Lipinski definition) is 2. The van der Waals surface area contributed by atoms with E-state index in [1.165, 1.54) is 18.3 Å². The second-order valence-corrected chi connectivity index (χ2v) is 5.18. The molecule has 3 rings (SSSR count). The fraction of sp³-hybridized carbons (Fsp3) is 0.118. The van der Waals surface area contributed by atoms with E-state index in [4.69, 9.17) is 0 Å². The zero-order valence-electron chi connectivity index (χ0n) is 13.0. The molecule has 0 amide bonds. The molecule has 0 aliphatic rings. The molecule has 0 saturated heterocycles. The zero-order valence-corrected chi connectivity index (χ0v) is 13.0. The van der Waals surface area contributed by atoms with Gasteiger partial charge in [-0.15, -0.1) is 0 Å². The molecule has 0 radical (unpaired) electrons. The van der Waals surface area contributed by atoms with Gasteiger partial charge in [-0.3, -0.25) is 4.98 Å². The van der Waals surface area contributed by atoms with Crippen LogP contribution in [0.4, 0.5) is 30.6 Å². The fourth-order valence-corrected chi connectivity index (χ4v) is 2.11. The highest BCUT2D eigenvalue weighted by molar-refractivity contribution is 5.56. The van der Waals surface area contributed by atoms with Crippen molar-refractivity contribution in [2.75, 3.05) is 10.6 Å². The van der Waals surface area contributed by atoms with Gasteiger partial charge in [0.25, 0.3) is 0 Å². The lowest BCUT2D eigenvalue weighted by molar-refractivity contribution is -0.137. The summed E-state index contributed by atoms with van der Waals surface area (Å²) in [6, 6.07) is 10.3. The monoisotopic (exact) mass is 345 g/mol. The van der Waals surface area contributed by atoms with Gasteiger partial charge in [-0.1, -0.05) is 6.07 Å². The number of hydrogen-bond acceptors (Lipinski definition) is 5. The smallest absolute Gasteiger partial charge is 0.366 e. The Hall–Kier alpha value is -3.16. The van der Waals surface area contributed by atoms with E-state index in [0.29, 0.717) is 12.4 Å². The molecule has 0 unspecified atom stereocenters. The van der Waals surface area contributed by atoms with Gasteiger partial charge in [0.05, 0.1) is 5.56 Å². The van der Waals surface area contributed by atoms with Crippen LogP contribution in [-0.2, 0) is 12.7 Å². The molecule has 5 nitrogen and oxygen atoms in total. The molecule has 2 N–H and O–H groups in total. The molecule has 0 atom stereocenters. The largest absolute Gasteiger partial charge is 0.416 e. The topological polar surface area (TPSA) is 62.7 Å². The van der Waals surface area contributed by atoms with Crippen molar-refractivity contribution in [2.45, 2.75) is 12.7 Å². The predicted molar refractivity (Wildman–Crippen MR) is 88.3 cm³/mol. The summed E-state index contributed by atoms with van der Waals surface area (Å²) < 4.78 is 38.3. The Kier molecular flexibility index (Phi) is 4.78. The summed E-state index contributed by atoms with van der Waals surface area (Å²) in [5.74, 6) is 0.764. The first kappa shape index (κ1) is 16.7. The van der Waals surface area contributed by atoms with Crippen molar-refractivity contribution in [1.82, 2.24) is 15.0 Å². The normalized spacial score (nSPS) is 11.2. The van der Waals surface area contributed by atoms with Gasteiger partial charge < -0.3 is 10.6 Å². The number of alkyl halides is 3. The molecule has 3 aromatic rings. The molecule has 0 aliphatic carbocycles. The third-order valence-corrected chi connectivity index (χ3v) is 3.32. The van der Waals surface area contributed by atoms with Crippen LogP contribution in [0, 0.1) is 0 Å². The van der Waals surface area contributed by atoms with E-state index >= 15 is 0 Å². The Bertz CT molecular complexity index is 837. The lowest BCUT2D eigenvalue weighted by Crippen LogP contribution is -2.06. The molecule has 25 heavy (non-hydrogen) atoms. The van der Waals surface area contributed by atoms with E-state index in [1.807, 2.05) is 12.1 Å². The maximum atomic E-state index is 12.8. The van der Waals surface area contributed by atoms with Gasteiger partial charge >= 0.3 is 6.18 Å². The quantitative estimate of drug-likeness (QED) is 0.724. The van der Waals surface area contributed by atoms with Crippen LogP contribution in [0.3, 0.4) is 0 Å². The van der Waals surface area contributed by atoms with Gasteiger partial charge in [0.1, 0.15) is 5.82 Å². The minimum absolute atomic E-state index is 0.207. The number of nitrogens with zero attached hydrogens (tertiary/aromatic N) is 3. The van der Waals surface area contributed by atoms with Gasteiger partial charge in [0.15, 0.2) is 0 Å². The minimum Gasteiger partial charge on any atom is -0.366 e. The standard InChI is InChI=1S/C17H14F3N5/c18-17(19,20)13-2-1-3-14(10-13)24-16-22-9-6-15(25-16)23-11-12-4-7-21-8-5-12/h1-10H,11H2,(H2,22,23,24,25). The molecule has 0 aliphatic heterocycles. The lowest BCUT2D eigenvalue weighted by atomic mass is 10.2. The third-order valence-electron chi connectivity index (χ3n) is 3.32. The SMILES string of the molecule is FC(F)(F)c1cccc(Nc2nccc(NCc3ccncc3)n2)c1. The highest BCUT2D eigenvalue weighted by Gasteiger charge is 2.30. The molecule has 2 aromatic heterocycles. The molecule has 1 aromatic carbocycles. The van der Waals surface area contributed by atoms with Crippen LogP contribution in [0.1, 0.15) is 11.1 Å². The van der Waals surface area contributed by atoms with Crippen LogP contribution >= 0.6 is 0 Å². The number of aromatic nitrogens is 3. The van der Waals surface area contributed by atoms with E-state index in [0.717, 1.165) is 17.7 Å². The maximum absolute atomic E-state index is 12.8. The number of halogens is 3. The van der Waals surface area contributed by atoms with Crippen LogP contribution in [0.25, 0.3) is 0 Å². The Morgan fingerprint density at radius 1 is 0.960 bits per heavy atom. The first-order valence-corrected chi connectivity index (χ1v) is 7.41. The van der Waals surface area contributed by atoms with Crippen LogP contribution in [0.2, 0.25) is 0 Å². The first-order valence-electron chi connectivity index (χ1n) is 7.41. The summed E-state index contributed by atoms with van der Waals surface area (Å²) >= 11 is 0. The van der Waals surface area contributed by atoms with Crippen LogP contribution < -0.4 is 10.6 Å². The van der Waals surface area contributed by atoms with E-state index in [1.54, 1.807) is 18.5 Å². The summed E-state index contributed by atoms with van der Waals surface area (Å²) in [6.07, 6.45) is 0.513. The van der Waals surface area contributed by atoms with Crippen molar-refractivity contribution in [3.8, 4) is 0 Å². The van der Waals surface area contributed by atoms with Gasteiger partial charge in [-0.05, 0) is 42.0 Å². The molecule has 128 valence electrons. The van der Waals surface area contributed by atoms with Crippen LogP contribution in [0.15, 0.2) is 61.1 Å². The minimum atomic E-state index is -4.40. The van der Waals surface area contributed by atoms with Crippen LogP contribution in [-0.4, -0.2) is 15.0 Å². The average molecular weight is 345 g/mol. The third kappa shape index (κ3) is 4.66. The molecule has 2 heterocycles. The summed E-state index contributed by atoms with van der Waals surface area (Å²) in [4.78, 5) is 12.2. The zero-order chi connectivity index (χ0) is 17.7. The lowest BCUT2D eigenvalue weighted by Gasteiger charge is -2.11. The Balaban J connectivity index is 1.69. The van der Waals surface area contributed by atoms with Gasteiger partial charge in [-0.25, -0.2) is 4.98 Å². The summed E-state index contributed by atoms with van der Waals surface area (Å²) in [5, 5.41) is 5.91. The highest BCUT2D eigenvalue weighted by atomic mass is 19.4. The van der Waals surface area contributed by atoms with Crippen molar-refractivity contribution in [1.29, 1.82) is 0 Å². The second-order valence-electron chi connectivity index (χ2n) is 5.18. The number of anilines is 3. The number of benzene rings is 1. The van der Waals surface area contributed by atoms with Crippen molar-refractivity contribution in [3.05, 3.63) is 72.2 Å².